The number of urea groups is 1. The van der Waals surface area contributed by atoms with E-state index in [0.717, 1.165) is 36.5 Å². The molecular formula is C27H29Cl3LiN3O6. The number of rotatable bonds is 6. The number of halogens is 3. The molecule has 0 saturated heterocycles. The van der Waals surface area contributed by atoms with Crippen LogP contribution in [0.3, 0.4) is 0 Å². The first-order valence-electron chi connectivity index (χ1n) is 11.9. The molecule has 3 amide bonds. The molecule has 0 radical (unpaired) electrons. The number of aliphatic carboxylic acids is 1. The van der Waals surface area contributed by atoms with Crippen molar-refractivity contribution in [3.05, 3.63) is 69.2 Å². The van der Waals surface area contributed by atoms with Gasteiger partial charge in [-0.25, -0.2) is 9.59 Å². The smallest absolute Gasteiger partial charge is 0.870 e. The fourth-order valence-corrected chi connectivity index (χ4v) is 5.59. The van der Waals surface area contributed by atoms with E-state index in [4.69, 9.17) is 34.8 Å². The molecule has 13 heteroatoms. The zero-order valence-electron chi connectivity index (χ0n) is 21.9. The normalized spacial score (nSPS) is 16.8. The predicted octanol–water partition coefficient (Wildman–Crippen LogP) is 3.46. The van der Waals surface area contributed by atoms with Crippen LogP contribution in [0.5, 0.6) is 0 Å². The molecule has 0 heterocycles. The molecule has 1 aliphatic carbocycles. The summed E-state index contributed by atoms with van der Waals surface area (Å²) in [6.45, 7) is 2.15. The van der Waals surface area contributed by atoms with Crippen LogP contribution in [0.15, 0.2) is 48.5 Å². The Hall–Kier alpha value is -2.48. The van der Waals surface area contributed by atoms with Gasteiger partial charge in [-0.15, -0.1) is 0 Å². The second kappa shape index (κ2) is 15.5. The summed E-state index contributed by atoms with van der Waals surface area (Å²) in [5, 5.41) is 20.0. The van der Waals surface area contributed by atoms with E-state index in [2.05, 4.69) is 22.9 Å². The number of fused-ring (bicyclic) bond motifs is 1. The van der Waals surface area contributed by atoms with E-state index in [1.165, 1.54) is 12.1 Å². The van der Waals surface area contributed by atoms with Crippen LogP contribution in [0.1, 0.15) is 43.0 Å². The third-order valence-corrected chi connectivity index (χ3v) is 7.52. The van der Waals surface area contributed by atoms with Crippen LogP contribution in [0.2, 0.25) is 15.1 Å². The number of benzene rings is 3. The van der Waals surface area contributed by atoms with Gasteiger partial charge >= 0.3 is 30.9 Å². The van der Waals surface area contributed by atoms with Crippen LogP contribution in [-0.2, 0) is 4.79 Å². The van der Waals surface area contributed by atoms with Crippen molar-refractivity contribution in [3.63, 3.8) is 0 Å². The fraction of sp³-hybridized carbons (Fsp3) is 0.296. The van der Waals surface area contributed by atoms with Gasteiger partial charge in [-0.2, -0.15) is 0 Å². The molecule has 3 aromatic rings. The van der Waals surface area contributed by atoms with E-state index < -0.39 is 23.9 Å². The Morgan fingerprint density at radius 1 is 0.900 bits per heavy atom. The summed E-state index contributed by atoms with van der Waals surface area (Å²) in [7, 11) is 0. The van der Waals surface area contributed by atoms with Gasteiger partial charge in [0, 0.05) is 5.02 Å². The van der Waals surface area contributed by atoms with Crippen LogP contribution in [0.25, 0.3) is 10.8 Å². The molecule has 1 fully saturated rings. The summed E-state index contributed by atoms with van der Waals surface area (Å²) in [6, 6.07) is 11.8. The minimum Gasteiger partial charge on any atom is -0.870 e. The van der Waals surface area contributed by atoms with Gasteiger partial charge in [0.15, 0.2) is 0 Å². The zero-order chi connectivity index (χ0) is 26.7. The van der Waals surface area contributed by atoms with Crippen LogP contribution in [0.4, 0.5) is 16.2 Å². The second-order valence-electron chi connectivity index (χ2n) is 9.38. The standard InChI is InChI=1S/C27H26Cl3N3O4.Li.2H2O/c1-14-6-8-15(9-7-14)23(26(35)36)32-25(34)19-10-16-4-2-3-5-17(16)11-22(19)31-27(37)33-24-20(29)12-18(28)13-21(24)30;;;/h2-5,10-15,23H,6-9H2,1H3,(H,32,34)(H,35,36)(H2,31,33,37);;2*1H2/q;+1;;/p-1/t14?,15?,23-;;;/m0.../s1. The Morgan fingerprint density at radius 2 is 1.45 bits per heavy atom. The fourth-order valence-electron chi connectivity index (χ4n) is 4.68. The third kappa shape index (κ3) is 8.51. The molecule has 210 valence electrons. The average molecular weight is 605 g/mol. The molecule has 0 aliphatic heterocycles. The van der Waals surface area contributed by atoms with Gasteiger partial charge in [0.1, 0.15) is 6.04 Å². The van der Waals surface area contributed by atoms with Gasteiger partial charge in [-0.1, -0.05) is 78.8 Å². The Kier molecular flexibility index (Phi) is 13.8. The quantitative estimate of drug-likeness (QED) is 0.316. The Balaban J connectivity index is 0.00000267. The summed E-state index contributed by atoms with van der Waals surface area (Å²) < 4.78 is 0. The molecular weight excluding hydrogens is 576 g/mol. The van der Waals surface area contributed by atoms with Gasteiger partial charge in [-0.3, -0.25) is 4.79 Å². The first-order valence-corrected chi connectivity index (χ1v) is 13.0. The van der Waals surface area contributed by atoms with Gasteiger partial charge < -0.3 is 32.0 Å². The molecule has 4 rings (SSSR count). The number of anilines is 2. The number of carboxylic acid groups (broad SMARTS) is 1. The van der Waals surface area contributed by atoms with Crippen LogP contribution in [0, 0.1) is 11.8 Å². The van der Waals surface area contributed by atoms with E-state index in [1.807, 2.05) is 24.3 Å². The molecule has 0 spiro atoms. The number of carbonyl (C=O) groups is 3. The van der Waals surface area contributed by atoms with Crippen molar-refractivity contribution in [2.24, 2.45) is 11.8 Å². The minimum atomic E-state index is -1.08. The SMILES string of the molecule is CC1CCC([C@H](NC(=O)c2cc3ccccc3cc2NC(=O)Nc2c(Cl)cc(Cl)cc2Cl)C(=O)O)CC1.O.[Li+].[OH-]. The van der Waals surface area contributed by atoms with Gasteiger partial charge in [0.2, 0.25) is 0 Å². The number of hydrogen-bond acceptors (Lipinski definition) is 4. The van der Waals surface area contributed by atoms with E-state index in [-0.39, 0.29) is 62.7 Å². The van der Waals surface area contributed by atoms with Gasteiger partial charge in [-0.05, 0) is 59.7 Å². The topological polar surface area (TPSA) is 169 Å². The maximum Gasteiger partial charge on any atom is 1.00 e. The van der Waals surface area contributed by atoms with Crippen molar-refractivity contribution in [2.45, 2.75) is 38.6 Å². The Bertz CT molecular complexity index is 1350. The number of hydrogen-bond donors (Lipinski definition) is 4. The summed E-state index contributed by atoms with van der Waals surface area (Å²) in [5.41, 5.74) is 0.503. The predicted molar refractivity (Wildman–Crippen MR) is 154 cm³/mol. The molecule has 9 nitrogen and oxygen atoms in total. The van der Waals surface area contributed by atoms with Crippen molar-refractivity contribution < 1.29 is 49.3 Å². The summed E-state index contributed by atoms with van der Waals surface area (Å²) in [6.07, 6.45) is 3.30. The number of nitrogens with one attached hydrogen (secondary N) is 3. The minimum absolute atomic E-state index is 0. The van der Waals surface area contributed by atoms with Crippen molar-refractivity contribution >= 4 is 74.9 Å². The van der Waals surface area contributed by atoms with Gasteiger partial charge in [0.05, 0.1) is 27.0 Å². The zero-order valence-corrected chi connectivity index (χ0v) is 24.2. The summed E-state index contributed by atoms with van der Waals surface area (Å²) in [5.74, 6) is -1.28. The number of amides is 3. The summed E-state index contributed by atoms with van der Waals surface area (Å²) in [4.78, 5) is 38.4. The average Bonchev–Trinajstić information content (AvgIpc) is 2.84. The van der Waals surface area contributed by atoms with E-state index in [0.29, 0.717) is 10.9 Å². The molecule has 7 N–H and O–H groups in total. The molecule has 0 unspecified atom stereocenters. The molecule has 1 saturated carbocycles. The maximum atomic E-state index is 13.4. The number of carbonyl (C=O) groups excluding carboxylic acids is 2. The van der Waals surface area contributed by atoms with Crippen molar-refractivity contribution in [2.75, 3.05) is 10.6 Å². The van der Waals surface area contributed by atoms with E-state index in [1.54, 1.807) is 12.1 Å². The van der Waals surface area contributed by atoms with Crippen LogP contribution in [-0.4, -0.2) is 40.0 Å². The largest absolute Gasteiger partial charge is 1.00 e. The van der Waals surface area contributed by atoms with Crippen molar-refractivity contribution in [3.8, 4) is 0 Å². The molecule has 0 bridgehead atoms. The molecule has 0 aromatic heterocycles. The Morgan fingerprint density at radius 3 is 2.00 bits per heavy atom. The maximum absolute atomic E-state index is 13.4. The molecule has 40 heavy (non-hydrogen) atoms. The molecule has 1 atom stereocenters. The number of carboxylic acids is 1. The second-order valence-corrected chi connectivity index (χ2v) is 10.6. The van der Waals surface area contributed by atoms with Crippen LogP contribution < -0.4 is 34.8 Å². The van der Waals surface area contributed by atoms with E-state index >= 15 is 0 Å². The molecule has 1 aliphatic rings. The third-order valence-electron chi connectivity index (χ3n) is 6.71. The van der Waals surface area contributed by atoms with E-state index in [9.17, 15) is 19.5 Å². The summed E-state index contributed by atoms with van der Waals surface area (Å²) >= 11 is 18.3. The van der Waals surface area contributed by atoms with Crippen molar-refractivity contribution in [1.29, 1.82) is 0 Å². The van der Waals surface area contributed by atoms with Crippen LogP contribution >= 0.6 is 34.8 Å². The van der Waals surface area contributed by atoms with Crippen molar-refractivity contribution in [1.82, 2.24) is 5.32 Å². The Labute approximate surface area is 258 Å². The monoisotopic (exact) mass is 603 g/mol. The first kappa shape index (κ1) is 35.5. The van der Waals surface area contributed by atoms with Gasteiger partial charge in [0.25, 0.3) is 5.91 Å². The first-order chi connectivity index (χ1) is 17.6. The molecule has 3 aromatic carbocycles.